The second-order valence-corrected chi connectivity index (χ2v) is 6.87. The van der Waals surface area contributed by atoms with Gasteiger partial charge in [-0.05, 0) is 17.0 Å². The Bertz CT molecular complexity index is 638. The van der Waals surface area contributed by atoms with Gasteiger partial charge in [-0.1, -0.05) is 85.8 Å². The molecule has 0 amide bonds. The maximum Gasteiger partial charge on any atom is 0.131 e. The molecule has 0 atom stereocenters. The molecule has 0 fully saturated rings. The molecule has 2 aromatic rings. The first-order chi connectivity index (χ1) is 9.95. The van der Waals surface area contributed by atoms with Gasteiger partial charge in [-0.3, -0.25) is 0 Å². The van der Waals surface area contributed by atoms with Crippen molar-refractivity contribution < 1.29 is 4.74 Å². The van der Waals surface area contributed by atoms with Crippen LogP contribution in [0.3, 0.4) is 0 Å². The standard InChI is InChI=1S/C19H21BrO/c1-5-13-21-18-15(14-9-6-7-12-17(14)20)10-8-11-16(18)19(2,3)4/h5-12H,1,13H2,2-4H3. The van der Waals surface area contributed by atoms with Gasteiger partial charge < -0.3 is 4.74 Å². The van der Waals surface area contributed by atoms with Crippen molar-refractivity contribution in [2.24, 2.45) is 0 Å². The third-order valence-electron chi connectivity index (χ3n) is 3.33. The van der Waals surface area contributed by atoms with Crippen LogP contribution in [0.5, 0.6) is 5.75 Å². The zero-order valence-corrected chi connectivity index (χ0v) is 14.4. The first-order valence-corrected chi connectivity index (χ1v) is 7.86. The molecule has 0 aliphatic heterocycles. The second kappa shape index (κ2) is 6.48. The molecule has 0 aliphatic carbocycles. The Balaban J connectivity index is 2.65. The number of halogens is 1. The molecule has 0 aromatic heterocycles. The normalized spacial score (nSPS) is 11.2. The summed E-state index contributed by atoms with van der Waals surface area (Å²) in [7, 11) is 0. The molecule has 0 aliphatic rings. The molecule has 0 N–H and O–H groups in total. The molecule has 2 aromatic carbocycles. The average molecular weight is 345 g/mol. The zero-order valence-electron chi connectivity index (χ0n) is 12.8. The molecule has 0 bridgehead atoms. The fraction of sp³-hybridized carbons (Fsp3) is 0.263. The zero-order chi connectivity index (χ0) is 15.5. The molecular formula is C19H21BrO. The maximum absolute atomic E-state index is 6.01. The Hall–Kier alpha value is -1.54. The van der Waals surface area contributed by atoms with E-state index in [9.17, 15) is 0 Å². The average Bonchev–Trinajstić information content (AvgIpc) is 2.44. The van der Waals surface area contributed by atoms with Crippen LogP contribution >= 0.6 is 15.9 Å². The van der Waals surface area contributed by atoms with Gasteiger partial charge in [0.25, 0.3) is 0 Å². The van der Waals surface area contributed by atoms with Crippen molar-refractivity contribution in [2.75, 3.05) is 6.61 Å². The van der Waals surface area contributed by atoms with Crippen molar-refractivity contribution >= 4 is 15.9 Å². The Morgan fingerprint density at radius 2 is 1.71 bits per heavy atom. The summed E-state index contributed by atoms with van der Waals surface area (Å²) in [4.78, 5) is 0. The van der Waals surface area contributed by atoms with Gasteiger partial charge in [0.2, 0.25) is 0 Å². The van der Waals surface area contributed by atoms with Crippen LogP contribution in [0.1, 0.15) is 26.3 Å². The maximum atomic E-state index is 6.01. The van der Waals surface area contributed by atoms with Gasteiger partial charge in [0.1, 0.15) is 12.4 Å². The number of para-hydroxylation sites is 1. The van der Waals surface area contributed by atoms with Gasteiger partial charge in [-0.2, -0.15) is 0 Å². The van der Waals surface area contributed by atoms with Crippen LogP contribution in [-0.2, 0) is 5.41 Å². The van der Waals surface area contributed by atoms with Crippen LogP contribution in [0.15, 0.2) is 59.6 Å². The number of ether oxygens (including phenoxy) is 1. The van der Waals surface area contributed by atoms with Gasteiger partial charge in [-0.25, -0.2) is 0 Å². The number of rotatable bonds is 4. The van der Waals surface area contributed by atoms with E-state index in [1.807, 2.05) is 12.1 Å². The molecular weight excluding hydrogens is 324 g/mol. The highest BCUT2D eigenvalue weighted by molar-refractivity contribution is 9.10. The van der Waals surface area contributed by atoms with E-state index in [1.54, 1.807) is 6.08 Å². The smallest absolute Gasteiger partial charge is 0.131 e. The first kappa shape index (κ1) is 15.8. The molecule has 0 saturated carbocycles. The Kier molecular flexibility index (Phi) is 4.89. The van der Waals surface area contributed by atoms with Crippen LogP contribution in [-0.4, -0.2) is 6.61 Å². The third-order valence-corrected chi connectivity index (χ3v) is 4.02. The SMILES string of the molecule is C=CCOc1c(-c2ccccc2Br)cccc1C(C)(C)C. The monoisotopic (exact) mass is 344 g/mol. The highest BCUT2D eigenvalue weighted by Crippen LogP contribution is 2.41. The van der Waals surface area contributed by atoms with E-state index in [-0.39, 0.29) is 5.41 Å². The van der Waals surface area contributed by atoms with Crippen molar-refractivity contribution in [3.63, 3.8) is 0 Å². The van der Waals surface area contributed by atoms with Crippen LogP contribution in [0.4, 0.5) is 0 Å². The molecule has 2 rings (SSSR count). The summed E-state index contributed by atoms with van der Waals surface area (Å²) in [6.07, 6.45) is 1.78. The first-order valence-electron chi connectivity index (χ1n) is 7.07. The van der Waals surface area contributed by atoms with E-state index in [0.717, 1.165) is 21.3 Å². The lowest BCUT2D eigenvalue weighted by Crippen LogP contribution is -2.14. The molecule has 1 nitrogen and oxygen atoms in total. The highest BCUT2D eigenvalue weighted by atomic mass is 79.9. The minimum Gasteiger partial charge on any atom is -0.489 e. The van der Waals surface area contributed by atoms with Crippen LogP contribution in [0.2, 0.25) is 0 Å². The van der Waals surface area contributed by atoms with Gasteiger partial charge in [-0.15, -0.1) is 0 Å². The lowest BCUT2D eigenvalue weighted by molar-refractivity contribution is 0.352. The minimum absolute atomic E-state index is 0.0216. The lowest BCUT2D eigenvalue weighted by Gasteiger charge is -2.25. The van der Waals surface area contributed by atoms with E-state index < -0.39 is 0 Å². The van der Waals surface area contributed by atoms with Crippen molar-refractivity contribution in [3.8, 4) is 16.9 Å². The largest absolute Gasteiger partial charge is 0.489 e. The summed E-state index contributed by atoms with van der Waals surface area (Å²) in [5, 5.41) is 0. The van der Waals surface area contributed by atoms with Crippen molar-refractivity contribution in [2.45, 2.75) is 26.2 Å². The summed E-state index contributed by atoms with van der Waals surface area (Å²) in [5.41, 5.74) is 3.48. The molecule has 110 valence electrons. The molecule has 0 radical (unpaired) electrons. The Labute approximate surface area is 135 Å². The molecule has 0 spiro atoms. The summed E-state index contributed by atoms with van der Waals surface area (Å²) < 4.78 is 7.08. The topological polar surface area (TPSA) is 9.23 Å². The van der Waals surface area contributed by atoms with Crippen molar-refractivity contribution in [1.29, 1.82) is 0 Å². The molecule has 0 heterocycles. The number of benzene rings is 2. The van der Waals surface area contributed by atoms with Gasteiger partial charge in [0.15, 0.2) is 0 Å². The van der Waals surface area contributed by atoms with Crippen molar-refractivity contribution in [3.05, 3.63) is 65.2 Å². The predicted molar refractivity (Wildman–Crippen MR) is 94.0 cm³/mol. The fourth-order valence-corrected chi connectivity index (χ4v) is 2.82. The fourth-order valence-electron chi connectivity index (χ4n) is 2.32. The van der Waals surface area contributed by atoms with E-state index >= 15 is 0 Å². The molecule has 0 unspecified atom stereocenters. The highest BCUT2D eigenvalue weighted by Gasteiger charge is 2.22. The lowest BCUT2D eigenvalue weighted by atomic mass is 9.84. The minimum atomic E-state index is 0.0216. The number of hydrogen-bond donors (Lipinski definition) is 0. The van der Waals surface area contributed by atoms with Crippen LogP contribution in [0.25, 0.3) is 11.1 Å². The summed E-state index contributed by atoms with van der Waals surface area (Å²) in [6, 6.07) is 14.6. The predicted octanol–water partition coefficient (Wildman–Crippen LogP) is 5.98. The van der Waals surface area contributed by atoms with Crippen LogP contribution < -0.4 is 4.74 Å². The van der Waals surface area contributed by atoms with E-state index in [1.165, 1.54) is 5.56 Å². The van der Waals surface area contributed by atoms with E-state index in [2.05, 4.69) is 73.6 Å². The van der Waals surface area contributed by atoms with Crippen LogP contribution in [0, 0.1) is 0 Å². The third kappa shape index (κ3) is 3.56. The second-order valence-electron chi connectivity index (χ2n) is 6.01. The summed E-state index contributed by atoms with van der Waals surface area (Å²) in [5.74, 6) is 0.941. The number of hydrogen-bond acceptors (Lipinski definition) is 1. The Morgan fingerprint density at radius 1 is 1.05 bits per heavy atom. The van der Waals surface area contributed by atoms with Gasteiger partial charge in [0.05, 0.1) is 0 Å². The van der Waals surface area contributed by atoms with E-state index in [0.29, 0.717) is 6.61 Å². The Morgan fingerprint density at radius 3 is 2.33 bits per heavy atom. The van der Waals surface area contributed by atoms with Crippen molar-refractivity contribution in [1.82, 2.24) is 0 Å². The molecule has 21 heavy (non-hydrogen) atoms. The van der Waals surface area contributed by atoms with Gasteiger partial charge >= 0.3 is 0 Å². The summed E-state index contributed by atoms with van der Waals surface area (Å²) >= 11 is 3.63. The van der Waals surface area contributed by atoms with Gasteiger partial charge in [0, 0.05) is 15.6 Å². The van der Waals surface area contributed by atoms with E-state index in [4.69, 9.17) is 4.74 Å². The molecule has 2 heteroatoms. The summed E-state index contributed by atoms with van der Waals surface area (Å²) in [6.45, 7) is 10.9. The quantitative estimate of drug-likeness (QED) is 0.620. The molecule has 0 saturated heterocycles.